The minimum atomic E-state index is 0.535. The van der Waals surface area contributed by atoms with Crippen molar-refractivity contribution in [3.05, 3.63) is 18.5 Å². The fourth-order valence-corrected chi connectivity index (χ4v) is 4.43. The Morgan fingerprint density at radius 1 is 1.14 bits per heavy atom. The van der Waals surface area contributed by atoms with Crippen molar-refractivity contribution in [2.24, 2.45) is 10.9 Å². The van der Waals surface area contributed by atoms with Gasteiger partial charge in [-0.2, -0.15) is 0 Å². The summed E-state index contributed by atoms with van der Waals surface area (Å²) in [6.07, 6.45) is 10.5. The first-order valence-electron chi connectivity index (χ1n) is 10.9. The van der Waals surface area contributed by atoms with Crippen molar-refractivity contribution >= 4 is 11.9 Å². The molecule has 2 fully saturated rings. The monoisotopic (exact) mass is 387 g/mol. The summed E-state index contributed by atoms with van der Waals surface area (Å²) in [7, 11) is 4.42. The Hall–Kier alpha value is -1.89. The highest BCUT2D eigenvalue weighted by molar-refractivity contribution is 5.80. The summed E-state index contributed by atoms with van der Waals surface area (Å²) in [5, 5.41) is 3.51. The molecule has 7 heteroatoms. The summed E-state index contributed by atoms with van der Waals surface area (Å²) in [5.74, 6) is 2.66. The Morgan fingerprint density at radius 2 is 1.82 bits per heavy atom. The summed E-state index contributed by atoms with van der Waals surface area (Å²) in [5.41, 5.74) is 0. The van der Waals surface area contributed by atoms with Gasteiger partial charge in [0.2, 0.25) is 5.95 Å². The number of piperazine rings is 1. The lowest BCUT2D eigenvalue weighted by Gasteiger charge is -2.37. The quantitative estimate of drug-likeness (QED) is 0.596. The molecule has 1 unspecified atom stereocenters. The van der Waals surface area contributed by atoms with Crippen LogP contribution in [-0.4, -0.2) is 85.1 Å². The number of anilines is 1. The number of guanidine groups is 1. The standard InChI is InChI=1S/C21H37N7/c1-4-22-20(25-17-19(26(2)3)18-9-6-5-7-10-18)27-13-15-28(16-14-27)21-23-11-8-12-24-21/h8,11-12,18-19H,4-7,9-10,13-17H2,1-3H3,(H,22,25). The SMILES string of the molecule is CCNC(=NCC(C1CCCCC1)N(C)C)N1CCN(c2ncccn2)CC1. The minimum absolute atomic E-state index is 0.535. The Bertz CT molecular complexity index is 590. The third kappa shape index (κ3) is 5.56. The molecule has 0 spiro atoms. The normalized spacial score (nSPS) is 20.5. The smallest absolute Gasteiger partial charge is 0.225 e. The van der Waals surface area contributed by atoms with E-state index in [1.165, 1.54) is 32.1 Å². The van der Waals surface area contributed by atoms with Crippen LogP contribution in [0.2, 0.25) is 0 Å². The van der Waals surface area contributed by atoms with Gasteiger partial charge >= 0.3 is 0 Å². The molecular weight excluding hydrogens is 350 g/mol. The average molecular weight is 388 g/mol. The molecule has 2 aliphatic rings. The third-order valence-corrected chi connectivity index (χ3v) is 6.03. The molecule has 28 heavy (non-hydrogen) atoms. The molecule has 3 rings (SSSR count). The van der Waals surface area contributed by atoms with E-state index in [1.54, 1.807) is 0 Å². The van der Waals surface area contributed by atoms with Crippen molar-refractivity contribution in [1.29, 1.82) is 0 Å². The second-order valence-electron chi connectivity index (χ2n) is 8.15. The van der Waals surface area contributed by atoms with Crippen LogP contribution < -0.4 is 10.2 Å². The zero-order valence-corrected chi connectivity index (χ0v) is 17.8. The summed E-state index contributed by atoms with van der Waals surface area (Å²) in [4.78, 5) is 20.9. The van der Waals surface area contributed by atoms with E-state index in [0.29, 0.717) is 6.04 Å². The lowest BCUT2D eigenvalue weighted by molar-refractivity contribution is 0.175. The van der Waals surface area contributed by atoms with Crippen LogP contribution in [-0.2, 0) is 0 Å². The number of aromatic nitrogens is 2. The molecule has 0 radical (unpaired) electrons. The number of rotatable bonds is 6. The molecule has 0 bridgehead atoms. The molecule has 1 aliphatic heterocycles. The van der Waals surface area contributed by atoms with Crippen LogP contribution in [0.25, 0.3) is 0 Å². The highest BCUT2D eigenvalue weighted by atomic mass is 15.4. The highest BCUT2D eigenvalue weighted by Gasteiger charge is 2.26. The van der Waals surface area contributed by atoms with Crippen molar-refractivity contribution in [1.82, 2.24) is 25.1 Å². The fraction of sp³-hybridized carbons (Fsp3) is 0.762. The van der Waals surface area contributed by atoms with Gasteiger partial charge in [-0.25, -0.2) is 9.97 Å². The lowest BCUT2D eigenvalue weighted by Crippen LogP contribution is -2.53. The van der Waals surface area contributed by atoms with Gasteiger partial charge in [0.05, 0.1) is 6.54 Å². The number of hydrogen-bond acceptors (Lipinski definition) is 5. The maximum absolute atomic E-state index is 5.07. The Morgan fingerprint density at radius 3 is 2.43 bits per heavy atom. The maximum atomic E-state index is 5.07. The molecule has 1 aliphatic carbocycles. The van der Waals surface area contributed by atoms with E-state index in [4.69, 9.17) is 4.99 Å². The first kappa shape index (κ1) is 20.8. The number of nitrogens with zero attached hydrogens (tertiary/aromatic N) is 6. The van der Waals surface area contributed by atoms with E-state index in [9.17, 15) is 0 Å². The minimum Gasteiger partial charge on any atom is -0.357 e. The molecule has 0 aromatic carbocycles. The van der Waals surface area contributed by atoms with Crippen LogP contribution in [0.3, 0.4) is 0 Å². The first-order chi connectivity index (χ1) is 13.7. The Kier molecular flexibility index (Phi) is 7.89. The number of nitrogens with one attached hydrogen (secondary N) is 1. The number of hydrogen-bond donors (Lipinski definition) is 1. The van der Waals surface area contributed by atoms with Gasteiger partial charge < -0.3 is 20.0 Å². The molecule has 7 nitrogen and oxygen atoms in total. The zero-order valence-electron chi connectivity index (χ0n) is 17.8. The summed E-state index contributed by atoms with van der Waals surface area (Å²) in [6.45, 7) is 7.66. The summed E-state index contributed by atoms with van der Waals surface area (Å²) < 4.78 is 0. The third-order valence-electron chi connectivity index (χ3n) is 6.03. The lowest BCUT2D eigenvalue weighted by atomic mass is 9.83. The molecule has 2 heterocycles. The number of likely N-dealkylation sites (N-methyl/N-ethyl adjacent to an activating group) is 1. The molecule has 1 aromatic heterocycles. The molecule has 1 saturated carbocycles. The van der Waals surface area contributed by atoms with E-state index in [0.717, 1.165) is 57.1 Å². The molecule has 1 aromatic rings. The van der Waals surface area contributed by atoms with E-state index in [1.807, 2.05) is 18.5 Å². The first-order valence-corrected chi connectivity index (χ1v) is 10.9. The van der Waals surface area contributed by atoms with Gasteiger partial charge in [-0.3, -0.25) is 4.99 Å². The van der Waals surface area contributed by atoms with Gasteiger partial charge in [-0.05, 0) is 45.8 Å². The predicted octanol–water partition coefficient (Wildman–Crippen LogP) is 2.07. The summed E-state index contributed by atoms with van der Waals surface area (Å²) >= 11 is 0. The number of aliphatic imine (C=N–C) groups is 1. The van der Waals surface area contributed by atoms with Crippen LogP contribution in [0.4, 0.5) is 5.95 Å². The zero-order chi connectivity index (χ0) is 19.8. The van der Waals surface area contributed by atoms with Crippen molar-refractivity contribution in [3.63, 3.8) is 0 Å². The molecule has 1 atom stereocenters. The van der Waals surface area contributed by atoms with Gasteiger partial charge in [-0.15, -0.1) is 0 Å². The largest absolute Gasteiger partial charge is 0.357 e. The van der Waals surface area contributed by atoms with Crippen LogP contribution >= 0.6 is 0 Å². The maximum Gasteiger partial charge on any atom is 0.225 e. The van der Waals surface area contributed by atoms with E-state index in [-0.39, 0.29) is 0 Å². The molecule has 1 N–H and O–H groups in total. The average Bonchev–Trinajstić information content (AvgIpc) is 2.74. The second-order valence-corrected chi connectivity index (χ2v) is 8.15. The Balaban J connectivity index is 1.60. The van der Waals surface area contributed by atoms with Gasteiger partial charge in [0.25, 0.3) is 0 Å². The van der Waals surface area contributed by atoms with Crippen molar-refractivity contribution < 1.29 is 0 Å². The predicted molar refractivity (Wildman–Crippen MR) is 116 cm³/mol. The molecule has 1 saturated heterocycles. The molecule has 0 amide bonds. The van der Waals surface area contributed by atoms with Crippen molar-refractivity contribution in [3.8, 4) is 0 Å². The summed E-state index contributed by atoms with van der Waals surface area (Å²) in [6, 6.07) is 2.40. The molecular formula is C21H37N7. The van der Waals surface area contributed by atoms with E-state index in [2.05, 4.69) is 51.0 Å². The van der Waals surface area contributed by atoms with Crippen LogP contribution in [0.15, 0.2) is 23.5 Å². The van der Waals surface area contributed by atoms with Crippen LogP contribution in [0.1, 0.15) is 39.0 Å². The Labute approximate surface area is 170 Å². The molecule has 156 valence electrons. The van der Waals surface area contributed by atoms with Gasteiger partial charge in [0.15, 0.2) is 5.96 Å². The fourth-order valence-electron chi connectivity index (χ4n) is 4.43. The van der Waals surface area contributed by atoms with Crippen LogP contribution in [0, 0.1) is 5.92 Å². The van der Waals surface area contributed by atoms with E-state index >= 15 is 0 Å². The van der Waals surface area contributed by atoms with Crippen molar-refractivity contribution in [2.75, 3.05) is 58.3 Å². The highest BCUT2D eigenvalue weighted by Crippen LogP contribution is 2.28. The van der Waals surface area contributed by atoms with Crippen LogP contribution in [0.5, 0.6) is 0 Å². The van der Waals surface area contributed by atoms with Gasteiger partial charge in [0, 0.05) is 51.2 Å². The van der Waals surface area contributed by atoms with E-state index < -0.39 is 0 Å². The van der Waals surface area contributed by atoms with Crippen molar-refractivity contribution in [2.45, 2.75) is 45.1 Å². The topological polar surface area (TPSA) is 59.9 Å². The van der Waals surface area contributed by atoms with Gasteiger partial charge in [-0.1, -0.05) is 19.3 Å². The second kappa shape index (κ2) is 10.6. The van der Waals surface area contributed by atoms with Gasteiger partial charge in [0.1, 0.15) is 0 Å².